The summed E-state index contributed by atoms with van der Waals surface area (Å²) in [6, 6.07) is 6.01. The number of aryl methyl sites for hydroxylation is 1. The Bertz CT molecular complexity index is 650. The number of hydrogen-bond acceptors (Lipinski definition) is 2. The Morgan fingerprint density at radius 1 is 1.19 bits per heavy atom. The van der Waals surface area contributed by atoms with E-state index in [-0.39, 0.29) is 24.4 Å². The first kappa shape index (κ1) is 20.9. The average molecular weight is 425 g/mol. The first-order valence-electron chi connectivity index (χ1n) is 9.43. The molecule has 3 N–H and O–H groups in total. The number of amides is 2. The molecule has 1 aliphatic carbocycles. The third-order valence-corrected chi connectivity index (χ3v) is 5.93. The van der Waals surface area contributed by atoms with Crippen LogP contribution in [0.25, 0.3) is 0 Å². The monoisotopic (exact) mass is 424 g/mol. The zero-order valence-electron chi connectivity index (χ0n) is 16.2. The molecule has 1 fully saturated rings. The lowest BCUT2D eigenvalue weighted by Crippen LogP contribution is -3.11. The lowest BCUT2D eigenvalue weighted by atomic mass is 9.78. The van der Waals surface area contributed by atoms with Gasteiger partial charge in [-0.25, -0.2) is 0 Å². The van der Waals surface area contributed by atoms with Gasteiger partial charge in [-0.1, -0.05) is 42.6 Å². The summed E-state index contributed by atoms with van der Waals surface area (Å²) in [6.07, 6.45) is 3.47. The molecular weight excluding hydrogens is 394 g/mol. The van der Waals surface area contributed by atoms with E-state index < -0.39 is 0 Å². The molecule has 26 heavy (non-hydrogen) atoms. The van der Waals surface area contributed by atoms with Crippen molar-refractivity contribution in [3.63, 3.8) is 0 Å². The van der Waals surface area contributed by atoms with Crippen molar-refractivity contribution in [3.05, 3.63) is 28.2 Å². The molecule has 0 aromatic heterocycles. The quantitative estimate of drug-likeness (QED) is 0.654. The summed E-state index contributed by atoms with van der Waals surface area (Å²) in [7, 11) is 1.88. The van der Waals surface area contributed by atoms with E-state index in [0.29, 0.717) is 18.4 Å². The van der Waals surface area contributed by atoms with Gasteiger partial charge in [-0.05, 0) is 48.9 Å². The minimum absolute atomic E-state index is 0.0288. The fourth-order valence-electron chi connectivity index (χ4n) is 3.62. The van der Waals surface area contributed by atoms with E-state index in [1.807, 2.05) is 32.2 Å². The van der Waals surface area contributed by atoms with Gasteiger partial charge in [0.25, 0.3) is 11.8 Å². The molecule has 6 heteroatoms. The summed E-state index contributed by atoms with van der Waals surface area (Å²) in [4.78, 5) is 25.5. The molecule has 0 bridgehead atoms. The molecule has 0 spiro atoms. The molecule has 0 radical (unpaired) electrons. The summed E-state index contributed by atoms with van der Waals surface area (Å²) >= 11 is 3.42. The van der Waals surface area contributed by atoms with E-state index in [0.717, 1.165) is 27.0 Å². The van der Waals surface area contributed by atoms with Gasteiger partial charge in [0, 0.05) is 16.2 Å². The number of carbonyl (C=O) groups is 2. The molecule has 0 aliphatic heterocycles. The molecule has 1 unspecified atom stereocenters. The second kappa shape index (κ2) is 9.51. The minimum Gasteiger partial charge on any atom is -0.348 e. The van der Waals surface area contributed by atoms with E-state index in [1.54, 1.807) is 0 Å². The van der Waals surface area contributed by atoms with Crippen molar-refractivity contribution in [2.24, 2.45) is 11.8 Å². The average Bonchev–Trinajstić information content (AvgIpc) is 2.54. The molecule has 1 aromatic rings. The number of anilines is 1. The van der Waals surface area contributed by atoms with Crippen LogP contribution in [-0.2, 0) is 9.59 Å². The number of likely N-dealkylation sites (N-methyl/N-ethyl adjacent to an activating group) is 1. The highest BCUT2D eigenvalue weighted by molar-refractivity contribution is 9.10. The highest BCUT2D eigenvalue weighted by Crippen LogP contribution is 2.29. The van der Waals surface area contributed by atoms with Crippen molar-refractivity contribution >= 4 is 33.4 Å². The summed E-state index contributed by atoms with van der Waals surface area (Å²) in [5, 5.41) is 6.10. The molecule has 1 saturated carbocycles. The zero-order chi connectivity index (χ0) is 19.3. The fourth-order valence-corrected chi connectivity index (χ4v) is 4.09. The smallest absolute Gasteiger partial charge is 0.279 e. The second-order valence-corrected chi connectivity index (χ2v) is 8.68. The van der Waals surface area contributed by atoms with Crippen LogP contribution < -0.4 is 15.5 Å². The predicted molar refractivity (Wildman–Crippen MR) is 108 cm³/mol. The Balaban J connectivity index is 1.79. The molecule has 1 aliphatic rings. The molecule has 0 saturated heterocycles. The first-order chi connectivity index (χ1) is 12.3. The predicted octanol–water partition coefficient (Wildman–Crippen LogP) is 2.15. The number of hydrogen-bond donors (Lipinski definition) is 3. The van der Waals surface area contributed by atoms with Gasteiger partial charge in [0.15, 0.2) is 13.1 Å². The number of quaternary nitrogens is 1. The SMILES string of the molecule is Cc1cc(Br)ccc1NC(=O)C[NH+](C)CC(=O)N[C@@H]1CCC[C@H](C)[C@@H]1C. The fraction of sp³-hybridized carbons (Fsp3) is 0.600. The number of halogens is 1. The largest absolute Gasteiger partial charge is 0.348 e. The van der Waals surface area contributed by atoms with Crippen molar-refractivity contribution in [2.75, 3.05) is 25.5 Å². The first-order valence-corrected chi connectivity index (χ1v) is 10.2. The molecule has 1 aromatic carbocycles. The topological polar surface area (TPSA) is 62.6 Å². The molecule has 2 amide bonds. The number of rotatable bonds is 6. The Morgan fingerprint density at radius 2 is 1.88 bits per heavy atom. The van der Waals surface area contributed by atoms with E-state index in [9.17, 15) is 9.59 Å². The highest BCUT2D eigenvalue weighted by atomic mass is 79.9. The van der Waals surface area contributed by atoms with Crippen LogP contribution in [-0.4, -0.2) is 38.0 Å². The van der Waals surface area contributed by atoms with E-state index >= 15 is 0 Å². The van der Waals surface area contributed by atoms with Crippen molar-refractivity contribution in [3.8, 4) is 0 Å². The number of benzene rings is 1. The third kappa shape index (κ3) is 6.09. The standard InChI is InChI=1S/C20H30BrN3O2/c1-13-6-5-7-18(15(13)3)23-20(26)12-24(4)11-19(25)22-17-9-8-16(21)10-14(17)2/h8-10,13,15,18H,5-7,11-12H2,1-4H3,(H,22,25)(H,23,26)/p+1/t13-,15-,18+/m0/s1. The summed E-state index contributed by atoms with van der Waals surface area (Å²) < 4.78 is 0.985. The molecule has 4 atom stereocenters. The van der Waals surface area contributed by atoms with Crippen LogP contribution in [0.1, 0.15) is 38.7 Å². The number of carbonyl (C=O) groups excluding carboxylic acids is 2. The maximum Gasteiger partial charge on any atom is 0.279 e. The normalized spacial score (nSPS) is 24.0. The summed E-state index contributed by atoms with van der Waals surface area (Å²) in [5.74, 6) is 1.11. The van der Waals surface area contributed by atoms with Gasteiger partial charge < -0.3 is 15.5 Å². The third-order valence-electron chi connectivity index (χ3n) is 5.44. The van der Waals surface area contributed by atoms with Crippen LogP contribution in [0.5, 0.6) is 0 Å². The van der Waals surface area contributed by atoms with Crippen LogP contribution in [0, 0.1) is 18.8 Å². The lowest BCUT2D eigenvalue weighted by Gasteiger charge is -2.34. The van der Waals surface area contributed by atoms with Crippen LogP contribution in [0.15, 0.2) is 22.7 Å². The van der Waals surface area contributed by atoms with Crippen molar-refractivity contribution in [1.82, 2.24) is 5.32 Å². The Labute approximate surface area is 165 Å². The van der Waals surface area contributed by atoms with Crippen molar-refractivity contribution < 1.29 is 14.5 Å². The molecule has 5 nitrogen and oxygen atoms in total. The van der Waals surface area contributed by atoms with Gasteiger partial charge in [0.05, 0.1) is 7.05 Å². The van der Waals surface area contributed by atoms with Gasteiger partial charge in [-0.3, -0.25) is 9.59 Å². The second-order valence-electron chi connectivity index (χ2n) is 7.76. The van der Waals surface area contributed by atoms with Crippen LogP contribution in [0.2, 0.25) is 0 Å². The Kier molecular flexibility index (Phi) is 7.65. The van der Waals surface area contributed by atoms with E-state index in [1.165, 1.54) is 12.8 Å². The van der Waals surface area contributed by atoms with Crippen LogP contribution in [0.4, 0.5) is 5.69 Å². The van der Waals surface area contributed by atoms with Gasteiger partial charge >= 0.3 is 0 Å². The minimum atomic E-state index is -0.0830. The van der Waals surface area contributed by atoms with Gasteiger partial charge in [0.1, 0.15) is 0 Å². The molecule has 2 rings (SSSR count). The van der Waals surface area contributed by atoms with E-state index in [4.69, 9.17) is 0 Å². The van der Waals surface area contributed by atoms with Crippen LogP contribution in [0.3, 0.4) is 0 Å². The maximum atomic E-state index is 12.3. The summed E-state index contributed by atoms with van der Waals surface area (Å²) in [6.45, 7) is 7.01. The van der Waals surface area contributed by atoms with Crippen molar-refractivity contribution in [1.29, 1.82) is 0 Å². The number of nitrogens with one attached hydrogen (secondary N) is 3. The molecule has 0 heterocycles. The molecular formula is C20H31BrN3O2+. The highest BCUT2D eigenvalue weighted by Gasteiger charge is 2.28. The summed E-state index contributed by atoms with van der Waals surface area (Å²) in [5.41, 5.74) is 1.81. The van der Waals surface area contributed by atoms with E-state index in [2.05, 4.69) is 40.4 Å². The zero-order valence-corrected chi connectivity index (χ0v) is 17.8. The van der Waals surface area contributed by atoms with Crippen molar-refractivity contribution in [2.45, 2.75) is 46.1 Å². The van der Waals surface area contributed by atoms with Gasteiger partial charge in [-0.2, -0.15) is 0 Å². The lowest BCUT2D eigenvalue weighted by molar-refractivity contribution is -0.862. The molecule has 144 valence electrons. The Hall–Kier alpha value is -1.40. The van der Waals surface area contributed by atoms with Gasteiger partial charge in [-0.15, -0.1) is 0 Å². The van der Waals surface area contributed by atoms with Gasteiger partial charge in [0.2, 0.25) is 0 Å². The maximum absolute atomic E-state index is 12.3. The van der Waals surface area contributed by atoms with Crippen LogP contribution >= 0.6 is 15.9 Å². The Morgan fingerprint density at radius 3 is 2.58 bits per heavy atom.